The van der Waals surface area contributed by atoms with Crippen LogP contribution in [0.2, 0.25) is 0 Å². The topological polar surface area (TPSA) is 75.7 Å². The van der Waals surface area contributed by atoms with E-state index < -0.39 is 10.0 Å². The standard InChI is InChI=1S/C20H26N2O4S/c1-5-15(2)16-6-8-17(9-7-16)21-20(23)14-26-19-12-10-18(11-13-19)22(3)27(4,24)25/h6-13,15H,5,14H2,1-4H3,(H,21,23). The third-order valence-electron chi connectivity index (χ3n) is 4.44. The molecule has 0 fully saturated rings. The average molecular weight is 391 g/mol. The van der Waals surface area contributed by atoms with Crippen molar-refractivity contribution in [1.29, 1.82) is 0 Å². The highest BCUT2D eigenvalue weighted by Crippen LogP contribution is 2.21. The van der Waals surface area contributed by atoms with Crippen molar-refractivity contribution in [1.82, 2.24) is 0 Å². The second-order valence-electron chi connectivity index (χ2n) is 6.49. The van der Waals surface area contributed by atoms with Crippen LogP contribution in [0.15, 0.2) is 48.5 Å². The van der Waals surface area contributed by atoms with Gasteiger partial charge in [-0.1, -0.05) is 26.0 Å². The molecule has 27 heavy (non-hydrogen) atoms. The third-order valence-corrected chi connectivity index (χ3v) is 5.65. The molecule has 0 aliphatic rings. The largest absolute Gasteiger partial charge is 0.484 e. The summed E-state index contributed by atoms with van der Waals surface area (Å²) in [4.78, 5) is 12.0. The Morgan fingerprint density at radius 2 is 1.70 bits per heavy atom. The number of hydrogen-bond donors (Lipinski definition) is 1. The lowest BCUT2D eigenvalue weighted by Gasteiger charge is -2.16. The number of hydrogen-bond acceptors (Lipinski definition) is 4. The summed E-state index contributed by atoms with van der Waals surface area (Å²) in [5, 5.41) is 2.79. The molecule has 2 aromatic rings. The van der Waals surface area contributed by atoms with Crippen LogP contribution in [0.25, 0.3) is 0 Å². The predicted molar refractivity (Wildman–Crippen MR) is 109 cm³/mol. The molecule has 0 bridgehead atoms. The van der Waals surface area contributed by atoms with Crippen LogP contribution in [0, 0.1) is 0 Å². The quantitative estimate of drug-likeness (QED) is 0.747. The first kappa shape index (κ1) is 20.8. The molecule has 0 heterocycles. The number of nitrogens with one attached hydrogen (secondary N) is 1. The number of rotatable bonds is 8. The van der Waals surface area contributed by atoms with E-state index in [9.17, 15) is 13.2 Å². The summed E-state index contributed by atoms with van der Waals surface area (Å²) in [7, 11) is -1.83. The van der Waals surface area contributed by atoms with Gasteiger partial charge in [-0.25, -0.2) is 8.42 Å². The normalized spacial score (nSPS) is 12.3. The lowest BCUT2D eigenvalue weighted by atomic mass is 9.99. The van der Waals surface area contributed by atoms with Crippen LogP contribution in [0.5, 0.6) is 5.75 Å². The molecule has 1 atom stereocenters. The molecule has 0 aliphatic heterocycles. The number of ether oxygens (including phenoxy) is 1. The van der Waals surface area contributed by atoms with Crippen LogP contribution in [0.4, 0.5) is 11.4 Å². The average Bonchev–Trinajstić information content (AvgIpc) is 2.65. The van der Waals surface area contributed by atoms with Crippen molar-refractivity contribution in [3.8, 4) is 5.75 Å². The van der Waals surface area contributed by atoms with Crippen LogP contribution >= 0.6 is 0 Å². The van der Waals surface area contributed by atoms with Crippen molar-refractivity contribution in [2.45, 2.75) is 26.2 Å². The number of benzene rings is 2. The van der Waals surface area contributed by atoms with E-state index in [0.29, 0.717) is 17.4 Å². The zero-order valence-electron chi connectivity index (χ0n) is 16.1. The molecule has 0 aromatic heterocycles. The maximum Gasteiger partial charge on any atom is 0.262 e. The molecule has 1 amide bonds. The fraction of sp³-hybridized carbons (Fsp3) is 0.350. The molecule has 2 rings (SSSR count). The van der Waals surface area contributed by atoms with Crippen molar-refractivity contribution in [3.63, 3.8) is 0 Å². The van der Waals surface area contributed by atoms with Gasteiger partial charge in [0.15, 0.2) is 6.61 Å². The molecule has 0 radical (unpaired) electrons. The van der Waals surface area contributed by atoms with Gasteiger partial charge in [-0.3, -0.25) is 9.10 Å². The van der Waals surface area contributed by atoms with Gasteiger partial charge in [-0.2, -0.15) is 0 Å². The van der Waals surface area contributed by atoms with E-state index in [1.165, 1.54) is 16.9 Å². The highest BCUT2D eigenvalue weighted by molar-refractivity contribution is 7.92. The summed E-state index contributed by atoms with van der Waals surface area (Å²) in [6.45, 7) is 4.18. The predicted octanol–water partition coefficient (Wildman–Crippen LogP) is 3.61. The maximum absolute atomic E-state index is 12.0. The van der Waals surface area contributed by atoms with Gasteiger partial charge < -0.3 is 10.1 Å². The van der Waals surface area contributed by atoms with Gasteiger partial charge in [0.25, 0.3) is 5.91 Å². The fourth-order valence-electron chi connectivity index (χ4n) is 2.42. The molecule has 1 N–H and O–H groups in total. The summed E-state index contributed by atoms with van der Waals surface area (Å²) in [6, 6.07) is 14.3. The van der Waals surface area contributed by atoms with E-state index in [-0.39, 0.29) is 12.5 Å². The first-order chi connectivity index (χ1) is 12.7. The molecule has 0 spiro atoms. The van der Waals surface area contributed by atoms with Gasteiger partial charge in [0.2, 0.25) is 10.0 Å². The van der Waals surface area contributed by atoms with Gasteiger partial charge >= 0.3 is 0 Å². The number of carbonyl (C=O) groups is 1. The number of sulfonamides is 1. The lowest BCUT2D eigenvalue weighted by molar-refractivity contribution is -0.118. The number of carbonyl (C=O) groups excluding carboxylic acids is 1. The van der Waals surface area contributed by atoms with Gasteiger partial charge in [0.1, 0.15) is 5.75 Å². The van der Waals surface area contributed by atoms with Crippen LogP contribution in [-0.2, 0) is 14.8 Å². The molecule has 0 saturated heterocycles. The SMILES string of the molecule is CCC(C)c1ccc(NC(=O)COc2ccc(N(C)S(C)(=O)=O)cc2)cc1. The third kappa shape index (κ3) is 5.99. The number of amides is 1. The van der Waals surface area contributed by atoms with E-state index in [0.717, 1.165) is 18.4 Å². The molecule has 2 aromatic carbocycles. The summed E-state index contributed by atoms with van der Waals surface area (Å²) in [5.41, 5.74) is 2.49. The number of anilines is 2. The molecule has 1 unspecified atom stereocenters. The van der Waals surface area contributed by atoms with Gasteiger partial charge in [0, 0.05) is 12.7 Å². The van der Waals surface area contributed by atoms with Crippen molar-refractivity contribution >= 4 is 27.3 Å². The molecule has 0 saturated carbocycles. The second kappa shape index (κ2) is 8.90. The first-order valence-corrected chi connectivity index (χ1v) is 10.6. The highest BCUT2D eigenvalue weighted by atomic mass is 32.2. The fourth-order valence-corrected chi connectivity index (χ4v) is 2.93. The lowest BCUT2D eigenvalue weighted by Crippen LogP contribution is -2.24. The molecular formula is C20H26N2O4S. The van der Waals surface area contributed by atoms with Gasteiger partial charge in [0.05, 0.1) is 11.9 Å². The van der Waals surface area contributed by atoms with Crippen molar-refractivity contribution in [2.24, 2.45) is 0 Å². The Hall–Kier alpha value is -2.54. The summed E-state index contributed by atoms with van der Waals surface area (Å²) in [6.07, 6.45) is 2.20. The Morgan fingerprint density at radius 3 is 2.22 bits per heavy atom. The van der Waals surface area contributed by atoms with E-state index in [4.69, 9.17) is 4.74 Å². The molecule has 6 nitrogen and oxygen atoms in total. The van der Waals surface area contributed by atoms with Crippen LogP contribution in [0.1, 0.15) is 31.7 Å². The van der Waals surface area contributed by atoms with Crippen molar-refractivity contribution in [3.05, 3.63) is 54.1 Å². The Balaban J connectivity index is 1.88. The smallest absolute Gasteiger partial charge is 0.262 e. The van der Waals surface area contributed by atoms with Gasteiger partial charge in [-0.05, 0) is 54.3 Å². The Bertz CT molecular complexity index is 862. The minimum atomic E-state index is -3.31. The molecule has 0 aliphatic carbocycles. The second-order valence-corrected chi connectivity index (χ2v) is 8.51. The van der Waals surface area contributed by atoms with Crippen LogP contribution in [-0.4, -0.2) is 34.2 Å². The van der Waals surface area contributed by atoms with Crippen LogP contribution < -0.4 is 14.4 Å². The van der Waals surface area contributed by atoms with E-state index in [1.807, 2.05) is 24.3 Å². The van der Waals surface area contributed by atoms with Crippen molar-refractivity contribution in [2.75, 3.05) is 29.5 Å². The monoisotopic (exact) mass is 390 g/mol. The number of nitrogens with zero attached hydrogens (tertiary/aromatic N) is 1. The minimum Gasteiger partial charge on any atom is -0.484 e. The minimum absolute atomic E-state index is 0.131. The Labute approximate surface area is 161 Å². The highest BCUT2D eigenvalue weighted by Gasteiger charge is 2.12. The van der Waals surface area contributed by atoms with Crippen molar-refractivity contribution < 1.29 is 17.9 Å². The molecular weight excluding hydrogens is 364 g/mol. The molecule has 146 valence electrons. The van der Waals surface area contributed by atoms with E-state index >= 15 is 0 Å². The Kier molecular flexibility index (Phi) is 6.85. The van der Waals surface area contributed by atoms with Crippen LogP contribution in [0.3, 0.4) is 0 Å². The summed E-state index contributed by atoms with van der Waals surface area (Å²) < 4.78 is 29.7. The Morgan fingerprint density at radius 1 is 1.11 bits per heavy atom. The molecule has 7 heteroatoms. The van der Waals surface area contributed by atoms with E-state index in [2.05, 4.69) is 19.2 Å². The zero-order valence-corrected chi connectivity index (χ0v) is 16.9. The van der Waals surface area contributed by atoms with Gasteiger partial charge in [-0.15, -0.1) is 0 Å². The zero-order chi connectivity index (χ0) is 20.0. The summed E-state index contributed by atoms with van der Waals surface area (Å²) in [5.74, 6) is 0.717. The van der Waals surface area contributed by atoms with E-state index in [1.54, 1.807) is 24.3 Å². The maximum atomic E-state index is 12.0. The summed E-state index contributed by atoms with van der Waals surface area (Å²) >= 11 is 0. The first-order valence-electron chi connectivity index (χ1n) is 8.77.